The van der Waals surface area contributed by atoms with Crippen molar-refractivity contribution in [1.82, 2.24) is 10.3 Å². The van der Waals surface area contributed by atoms with Crippen molar-refractivity contribution < 1.29 is 9.47 Å². The molecule has 2 heterocycles. The Hall–Kier alpha value is -1.65. The van der Waals surface area contributed by atoms with Crippen LogP contribution in [0.2, 0.25) is 0 Å². The van der Waals surface area contributed by atoms with E-state index in [-0.39, 0.29) is 6.10 Å². The summed E-state index contributed by atoms with van der Waals surface area (Å²) in [6.07, 6.45) is 1.06. The molecule has 4 nitrogen and oxygen atoms in total. The normalized spacial score (nSPS) is 18.6. The van der Waals surface area contributed by atoms with Crippen molar-refractivity contribution in [3.63, 3.8) is 0 Å². The third kappa shape index (κ3) is 2.92. The van der Waals surface area contributed by atoms with Gasteiger partial charge >= 0.3 is 0 Å². The van der Waals surface area contributed by atoms with Crippen LogP contribution in [0, 0.1) is 0 Å². The molecule has 106 valence electrons. The van der Waals surface area contributed by atoms with E-state index in [0.29, 0.717) is 6.61 Å². The Labute approximate surface area is 119 Å². The minimum Gasteiger partial charge on any atom is -0.471 e. The van der Waals surface area contributed by atoms with Gasteiger partial charge in [0.05, 0.1) is 18.9 Å². The van der Waals surface area contributed by atoms with Crippen LogP contribution in [0.5, 0.6) is 5.88 Å². The summed E-state index contributed by atoms with van der Waals surface area (Å²) in [6.45, 7) is 5.22. The molecule has 20 heavy (non-hydrogen) atoms. The van der Waals surface area contributed by atoms with Crippen LogP contribution in [0.25, 0.3) is 10.8 Å². The van der Waals surface area contributed by atoms with E-state index in [4.69, 9.17) is 9.47 Å². The van der Waals surface area contributed by atoms with Gasteiger partial charge in [0.1, 0.15) is 6.10 Å². The Morgan fingerprint density at radius 3 is 3.10 bits per heavy atom. The number of ether oxygens (including phenoxy) is 2. The molecule has 2 aromatic rings. The Kier molecular flexibility index (Phi) is 4.14. The number of aromatic nitrogens is 1. The smallest absolute Gasteiger partial charge is 0.221 e. The molecule has 1 aliphatic rings. The maximum atomic E-state index is 6.05. The number of nitrogens with one attached hydrogen (secondary N) is 1. The van der Waals surface area contributed by atoms with E-state index in [0.717, 1.165) is 43.1 Å². The number of hydrogen-bond acceptors (Lipinski definition) is 4. The first-order valence-electron chi connectivity index (χ1n) is 7.20. The van der Waals surface area contributed by atoms with Crippen molar-refractivity contribution in [2.75, 3.05) is 19.8 Å². The second-order valence-corrected chi connectivity index (χ2v) is 5.02. The average Bonchev–Trinajstić information content (AvgIpc) is 2.98. The summed E-state index contributed by atoms with van der Waals surface area (Å²) >= 11 is 0. The van der Waals surface area contributed by atoms with E-state index >= 15 is 0 Å². The van der Waals surface area contributed by atoms with Gasteiger partial charge in [0, 0.05) is 18.4 Å². The zero-order chi connectivity index (χ0) is 13.8. The monoisotopic (exact) mass is 272 g/mol. The van der Waals surface area contributed by atoms with Crippen molar-refractivity contribution in [2.45, 2.75) is 26.0 Å². The molecule has 1 atom stereocenters. The number of fused-ring (bicyclic) bond motifs is 1. The van der Waals surface area contributed by atoms with Crippen molar-refractivity contribution in [3.05, 3.63) is 36.0 Å². The topological polar surface area (TPSA) is 43.4 Å². The quantitative estimate of drug-likeness (QED) is 0.908. The summed E-state index contributed by atoms with van der Waals surface area (Å²) in [4.78, 5) is 4.66. The molecule has 1 unspecified atom stereocenters. The zero-order valence-corrected chi connectivity index (χ0v) is 11.8. The maximum absolute atomic E-state index is 6.05. The third-order valence-electron chi connectivity index (χ3n) is 3.48. The van der Waals surface area contributed by atoms with E-state index in [1.165, 1.54) is 5.39 Å². The molecule has 0 saturated carbocycles. The minimum atomic E-state index is 0.125. The summed E-state index contributed by atoms with van der Waals surface area (Å²) in [5.74, 6) is 0.728. The molecular formula is C16H20N2O2. The summed E-state index contributed by atoms with van der Waals surface area (Å²) in [7, 11) is 0. The van der Waals surface area contributed by atoms with Crippen molar-refractivity contribution >= 4 is 10.8 Å². The summed E-state index contributed by atoms with van der Waals surface area (Å²) in [5, 5.41) is 5.55. The molecule has 1 aliphatic heterocycles. The molecule has 0 radical (unpaired) electrons. The highest BCUT2D eigenvalue weighted by atomic mass is 16.5. The van der Waals surface area contributed by atoms with E-state index in [2.05, 4.69) is 35.4 Å². The standard InChI is InChI=1S/C16H20N2O2/c1-2-17-10-13-9-12-5-3-4-6-15(12)16(18-13)20-14-7-8-19-11-14/h3-6,9,14,17H,2,7-8,10-11H2,1H3. The predicted octanol–water partition coefficient (Wildman–Crippen LogP) is 2.51. The van der Waals surface area contributed by atoms with Crippen molar-refractivity contribution in [2.24, 2.45) is 0 Å². The predicted molar refractivity (Wildman–Crippen MR) is 79.0 cm³/mol. The van der Waals surface area contributed by atoms with Crippen molar-refractivity contribution in [3.8, 4) is 5.88 Å². The number of rotatable bonds is 5. The van der Waals surface area contributed by atoms with Crippen LogP contribution in [0.15, 0.2) is 30.3 Å². The lowest BCUT2D eigenvalue weighted by atomic mass is 10.1. The molecule has 0 aliphatic carbocycles. The molecule has 4 heteroatoms. The Balaban J connectivity index is 1.93. The second kappa shape index (κ2) is 6.20. The molecule has 3 rings (SSSR count). The SMILES string of the molecule is CCNCc1cc2ccccc2c(OC2CCOC2)n1. The number of nitrogens with zero attached hydrogens (tertiary/aromatic N) is 1. The highest BCUT2D eigenvalue weighted by molar-refractivity contribution is 5.87. The molecule has 0 amide bonds. The first-order valence-corrected chi connectivity index (χ1v) is 7.20. The Morgan fingerprint density at radius 1 is 1.40 bits per heavy atom. The Bertz CT molecular complexity index is 580. The zero-order valence-electron chi connectivity index (χ0n) is 11.8. The molecule has 1 N–H and O–H groups in total. The number of benzene rings is 1. The van der Waals surface area contributed by atoms with Gasteiger partial charge in [-0.15, -0.1) is 0 Å². The summed E-state index contributed by atoms with van der Waals surface area (Å²) < 4.78 is 11.4. The summed E-state index contributed by atoms with van der Waals surface area (Å²) in [6, 6.07) is 10.3. The fourth-order valence-electron chi connectivity index (χ4n) is 2.42. The van der Waals surface area contributed by atoms with Gasteiger partial charge < -0.3 is 14.8 Å². The molecule has 1 aromatic heterocycles. The lowest BCUT2D eigenvalue weighted by Crippen LogP contribution is -2.18. The van der Waals surface area contributed by atoms with Crippen LogP contribution in [-0.2, 0) is 11.3 Å². The van der Waals surface area contributed by atoms with Crippen LogP contribution < -0.4 is 10.1 Å². The van der Waals surface area contributed by atoms with E-state index in [1.807, 2.05) is 12.1 Å². The average molecular weight is 272 g/mol. The first-order chi connectivity index (χ1) is 9.86. The van der Waals surface area contributed by atoms with Gasteiger partial charge in [-0.25, -0.2) is 4.98 Å². The van der Waals surface area contributed by atoms with Crippen LogP contribution in [-0.4, -0.2) is 30.8 Å². The van der Waals surface area contributed by atoms with Gasteiger partial charge in [0.25, 0.3) is 0 Å². The van der Waals surface area contributed by atoms with Crippen molar-refractivity contribution in [1.29, 1.82) is 0 Å². The summed E-state index contributed by atoms with van der Waals surface area (Å²) in [5.41, 5.74) is 1.01. The van der Waals surface area contributed by atoms with Gasteiger partial charge in [0.15, 0.2) is 0 Å². The first kappa shape index (κ1) is 13.3. The van der Waals surface area contributed by atoms with Gasteiger partial charge in [-0.2, -0.15) is 0 Å². The van der Waals surface area contributed by atoms with Gasteiger partial charge in [-0.05, 0) is 24.1 Å². The minimum absolute atomic E-state index is 0.125. The molecule has 1 fully saturated rings. The maximum Gasteiger partial charge on any atom is 0.221 e. The Morgan fingerprint density at radius 2 is 2.30 bits per heavy atom. The van der Waals surface area contributed by atoms with Crippen LogP contribution in [0.4, 0.5) is 0 Å². The molecule has 0 bridgehead atoms. The molecule has 1 aromatic carbocycles. The van der Waals surface area contributed by atoms with Crippen LogP contribution in [0.1, 0.15) is 19.0 Å². The third-order valence-corrected chi connectivity index (χ3v) is 3.48. The van der Waals surface area contributed by atoms with Gasteiger partial charge in [-0.1, -0.05) is 25.1 Å². The highest BCUT2D eigenvalue weighted by Gasteiger charge is 2.19. The van der Waals surface area contributed by atoms with Gasteiger partial charge in [-0.3, -0.25) is 0 Å². The van der Waals surface area contributed by atoms with E-state index in [9.17, 15) is 0 Å². The van der Waals surface area contributed by atoms with Crippen LogP contribution in [0.3, 0.4) is 0 Å². The lowest BCUT2D eigenvalue weighted by molar-refractivity contribution is 0.139. The molecular weight excluding hydrogens is 252 g/mol. The fourth-order valence-corrected chi connectivity index (χ4v) is 2.42. The van der Waals surface area contributed by atoms with Gasteiger partial charge in [0.2, 0.25) is 5.88 Å². The highest BCUT2D eigenvalue weighted by Crippen LogP contribution is 2.26. The lowest BCUT2D eigenvalue weighted by Gasteiger charge is -2.14. The fraction of sp³-hybridized carbons (Fsp3) is 0.438. The largest absolute Gasteiger partial charge is 0.471 e. The van der Waals surface area contributed by atoms with Crippen LogP contribution >= 0.6 is 0 Å². The number of hydrogen-bond donors (Lipinski definition) is 1. The second-order valence-electron chi connectivity index (χ2n) is 5.02. The van der Waals surface area contributed by atoms with E-state index < -0.39 is 0 Å². The van der Waals surface area contributed by atoms with E-state index in [1.54, 1.807) is 0 Å². The number of pyridine rings is 1. The molecule has 0 spiro atoms. The molecule has 1 saturated heterocycles.